The van der Waals surface area contributed by atoms with E-state index in [0.717, 1.165) is 23.3 Å². The van der Waals surface area contributed by atoms with Gasteiger partial charge in [-0.15, -0.1) is 0 Å². The maximum atomic E-state index is 11.9. The third kappa shape index (κ3) is 5.13. The predicted molar refractivity (Wildman–Crippen MR) is 99.3 cm³/mol. The van der Waals surface area contributed by atoms with Crippen LogP contribution in [0.4, 0.5) is 5.69 Å². The third-order valence-electron chi connectivity index (χ3n) is 3.63. The zero-order valence-corrected chi connectivity index (χ0v) is 15.1. The summed E-state index contributed by atoms with van der Waals surface area (Å²) in [6, 6.07) is 12.8. The first-order chi connectivity index (χ1) is 11.4. The summed E-state index contributed by atoms with van der Waals surface area (Å²) < 4.78 is 32.3. The van der Waals surface area contributed by atoms with Gasteiger partial charge in [0.15, 0.2) is 0 Å². The Morgan fingerprint density at radius 1 is 1.04 bits per heavy atom. The molecule has 0 aliphatic heterocycles. The van der Waals surface area contributed by atoms with Crippen LogP contribution in [-0.2, 0) is 10.0 Å². The Hall–Kier alpha value is -2.27. The van der Waals surface area contributed by atoms with Gasteiger partial charge in [-0.2, -0.15) is 0 Å². The molecule has 0 spiro atoms. The van der Waals surface area contributed by atoms with Crippen molar-refractivity contribution in [3.8, 4) is 11.5 Å². The zero-order chi connectivity index (χ0) is 17.6. The maximum absolute atomic E-state index is 11.9. The lowest BCUT2D eigenvalue weighted by Crippen LogP contribution is -2.15. The Morgan fingerprint density at radius 3 is 2.42 bits per heavy atom. The first kappa shape index (κ1) is 18.1. The molecule has 0 unspecified atom stereocenters. The average molecular weight is 345 g/mol. The van der Waals surface area contributed by atoms with Crippen molar-refractivity contribution in [1.82, 2.24) is 0 Å². The van der Waals surface area contributed by atoms with Crippen LogP contribution in [0, 0.1) is 13.8 Å². The van der Waals surface area contributed by atoms with E-state index in [1.807, 2.05) is 45.0 Å². The van der Waals surface area contributed by atoms with Crippen LogP contribution in [0.2, 0.25) is 0 Å². The van der Waals surface area contributed by atoms with Crippen molar-refractivity contribution in [3.05, 3.63) is 65.7 Å². The topological polar surface area (TPSA) is 55.4 Å². The molecule has 128 valence electrons. The van der Waals surface area contributed by atoms with Crippen LogP contribution in [0.25, 0.3) is 0 Å². The fourth-order valence-electron chi connectivity index (χ4n) is 2.14. The molecule has 5 heteroatoms. The van der Waals surface area contributed by atoms with E-state index in [4.69, 9.17) is 4.74 Å². The SMILES string of the molecule is CC/C=C/CS(=O)(=O)Nc1ccc(Oc2cccc(C)c2C)cc1. The van der Waals surface area contributed by atoms with Gasteiger partial charge in [0.05, 0.1) is 5.75 Å². The smallest absolute Gasteiger partial charge is 0.236 e. The summed E-state index contributed by atoms with van der Waals surface area (Å²) in [6.07, 6.45) is 4.31. The zero-order valence-electron chi connectivity index (χ0n) is 14.2. The summed E-state index contributed by atoms with van der Waals surface area (Å²) in [5.74, 6) is 1.44. The number of anilines is 1. The van der Waals surface area contributed by atoms with E-state index in [1.54, 1.807) is 30.3 Å². The molecule has 2 aromatic carbocycles. The van der Waals surface area contributed by atoms with E-state index in [9.17, 15) is 8.42 Å². The highest BCUT2D eigenvalue weighted by molar-refractivity contribution is 7.92. The van der Waals surface area contributed by atoms with Crippen molar-refractivity contribution in [2.45, 2.75) is 27.2 Å². The van der Waals surface area contributed by atoms with Crippen LogP contribution < -0.4 is 9.46 Å². The lowest BCUT2D eigenvalue weighted by molar-refractivity contribution is 0.478. The minimum absolute atomic E-state index is 0.0262. The number of aryl methyl sites for hydroxylation is 1. The number of sulfonamides is 1. The highest BCUT2D eigenvalue weighted by atomic mass is 32.2. The first-order valence-electron chi connectivity index (χ1n) is 7.91. The molecule has 2 rings (SSSR count). The van der Waals surface area contributed by atoms with Crippen molar-refractivity contribution < 1.29 is 13.2 Å². The fourth-order valence-corrected chi connectivity index (χ4v) is 3.10. The second-order valence-electron chi connectivity index (χ2n) is 5.59. The summed E-state index contributed by atoms with van der Waals surface area (Å²) in [5.41, 5.74) is 2.77. The summed E-state index contributed by atoms with van der Waals surface area (Å²) >= 11 is 0. The second kappa shape index (κ2) is 8.02. The van der Waals surface area contributed by atoms with Gasteiger partial charge in [-0.25, -0.2) is 8.42 Å². The van der Waals surface area contributed by atoms with E-state index in [1.165, 1.54) is 0 Å². The van der Waals surface area contributed by atoms with Crippen LogP contribution in [0.3, 0.4) is 0 Å². The van der Waals surface area contributed by atoms with Gasteiger partial charge in [-0.1, -0.05) is 31.2 Å². The summed E-state index contributed by atoms with van der Waals surface area (Å²) in [7, 11) is -3.37. The van der Waals surface area contributed by atoms with E-state index < -0.39 is 10.0 Å². The van der Waals surface area contributed by atoms with Crippen LogP contribution in [0.5, 0.6) is 11.5 Å². The minimum atomic E-state index is -3.37. The summed E-state index contributed by atoms with van der Waals surface area (Å²) in [4.78, 5) is 0. The van der Waals surface area contributed by atoms with Gasteiger partial charge in [0.25, 0.3) is 0 Å². The van der Waals surface area contributed by atoms with Crippen molar-refractivity contribution >= 4 is 15.7 Å². The van der Waals surface area contributed by atoms with Gasteiger partial charge in [0, 0.05) is 5.69 Å². The standard InChI is InChI=1S/C19H23NO3S/c1-4-5-6-14-24(21,22)20-17-10-12-18(13-11-17)23-19-9-7-8-15(2)16(19)3/h5-13,20H,4,14H2,1-3H3/b6-5+. The van der Waals surface area contributed by atoms with Crippen LogP contribution in [0.1, 0.15) is 24.5 Å². The maximum Gasteiger partial charge on any atom is 0.236 e. The Morgan fingerprint density at radius 2 is 1.75 bits per heavy atom. The quantitative estimate of drug-likeness (QED) is 0.733. The van der Waals surface area contributed by atoms with Crippen molar-refractivity contribution in [3.63, 3.8) is 0 Å². The Labute approximate surface area is 144 Å². The number of rotatable bonds is 7. The van der Waals surface area contributed by atoms with Gasteiger partial charge >= 0.3 is 0 Å². The van der Waals surface area contributed by atoms with E-state index in [-0.39, 0.29) is 5.75 Å². The largest absolute Gasteiger partial charge is 0.457 e. The van der Waals surface area contributed by atoms with Gasteiger partial charge in [0.2, 0.25) is 10.0 Å². The highest BCUT2D eigenvalue weighted by Crippen LogP contribution is 2.27. The molecule has 0 aromatic heterocycles. The molecule has 0 saturated heterocycles. The van der Waals surface area contributed by atoms with E-state index in [0.29, 0.717) is 11.4 Å². The molecule has 0 amide bonds. The lowest BCUT2D eigenvalue weighted by atomic mass is 10.1. The molecule has 0 atom stereocenters. The van der Waals surface area contributed by atoms with Gasteiger partial charge in [0.1, 0.15) is 11.5 Å². The molecular formula is C19H23NO3S. The molecule has 0 fully saturated rings. The molecule has 0 heterocycles. The van der Waals surface area contributed by atoms with Crippen LogP contribution >= 0.6 is 0 Å². The fraction of sp³-hybridized carbons (Fsp3) is 0.263. The van der Waals surface area contributed by atoms with Gasteiger partial charge in [-0.05, 0) is 61.7 Å². The molecule has 24 heavy (non-hydrogen) atoms. The van der Waals surface area contributed by atoms with Crippen molar-refractivity contribution in [2.75, 3.05) is 10.5 Å². The molecular weight excluding hydrogens is 322 g/mol. The van der Waals surface area contributed by atoms with E-state index >= 15 is 0 Å². The van der Waals surface area contributed by atoms with E-state index in [2.05, 4.69) is 4.72 Å². The molecule has 0 saturated carbocycles. The molecule has 0 aliphatic rings. The molecule has 0 radical (unpaired) electrons. The number of nitrogens with one attached hydrogen (secondary N) is 1. The first-order valence-corrected chi connectivity index (χ1v) is 9.56. The molecule has 2 aromatic rings. The predicted octanol–water partition coefficient (Wildman–Crippen LogP) is 4.80. The summed E-state index contributed by atoms with van der Waals surface area (Å²) in [5, 5.41) is 0. The Kier molecular flexibility index (Phi) is 6.04. The number of allylic oxidation sites excluding steroid dienone is 1. The van der Waals surface area contributed by atoms with Crippen molar-refractivity contribution in [2.24, 2.45) is 0 Å². The monoisotopic (exact) mass is 345 g/mol. The second-order valence-corrected chi connectivity index (χ2v) is 7.35. The Balaban J connectivity index is 2.05. The minimum Gasteiger partial charge on any atom is -0.457 e. The molecule has 0 bridgehead atoms. The van der Waals surface area contributed by atoms with Gasteiger partial charge in [-0.3, -0.25) is 4.72 Å². The third-order valence-corrected chi connectivity index (χ3v) is 4.81. The Bertz CT molecular complexity index is 809. The number of ether oxygens (including phenoxy) is 1. The van der Waals surface area contributed by atoms with Crippen LogP contribution in [0.15, 0.2) is 54.6 Å². The van der Waals surface area contributed by atoms with Gasteiger partial charge < -0.3 is 4.74 Å². The normalized spacial score (nSPS) is 11.6. The number of hydrogen-bond donors (Lipinski definition) is 1. The molecule has 4 nitrogen and oxygen atoms in total. The average Bonchev–Trinajstić information content (AvgIpc) is 2.53. The van der Waals surface area contributed by atoms with Crippen molar-refractivity contribution in [1.29, 1.82) is 0 Å². The molecule has 0 aliphatic carbocycles. The highest BCUT2D eigenvalue weighted by Gasteiger charge is 2.08. The van der Waals surface area contributed by atoms with Crippen LogP contribution in [-0.4, -0.2) is 14.2 Å². The lowest BCUT2D eigenvalue weighted by Gasteiger charge is -2.11. The molecule has 1 N–H and O–H groups in total. The summed E-state index contributed by atoms with van der Waals surface area (Å²) in [6.45, 7) is 6.01. The number of hydrogen-bond acceptors (Lipinski definition) is 3. The number of benzene rings is 2.